The molecule has 1 saturated heterocycles. The summed E-state index contributed by atoms with van der Waals surface area (Å²) in [6.45, 7) is 3.62. The molecule has 1 atom stereocenters. The van der Waals surface area contributed by atoms with Crippen molar-refractivity contribution in [1.82, 2.24) is 10.2 Å². The average Bonchev–Trinajstić information content (AvgIpc) is 2.44. The van der Waals surface area contributed by atoms with Crippen LogP contribution in [0.5, 0.6) is 11.5 Å². The molecule has 132 valence electrons. The summed E-state index contributed by atoms with van der Waals surface area (Å²) in [6, 6.07) is 0.854. The Hall–Kier alpha value is -0.700. The van der Waals surface area contributed by atoms with Crippen molar-refractivity contribution < 1.29 is 23.0 Å². The van der Waals surface area contributed by atoms with Gasteiger partial charge in [0, 0.05) is 26.2 Å². The molecule has 9 heteroatoms. The highest BCUT2D eigenvalue weighted by molar-refractivity contribution is 9.10. The molecule has 0 spiro atoms. The summed E-state index contributed by atoms with van der Waals surface area (Å²) in [5.41, 5.74) is 0.0579. The standard InChI is InChI=1S/C14H18BrF3N2O2.ClH/c1-2-22-11-8-9(7-10(15)12(11)21)13(14(16,17)18)20-5-3-19-4-6-20;/h7-8,13,19,21H,2-6H2,1H3;1H/t13-;/m0./s1. The average molecular weight is 420 g/mol. The zero-order valence-corrected chi connectivity index (χ0v) is 14.9. The van der Waals surface area contributed by atoms with E-state index in [2.05, 4.69) is 21.2 Å². The number of piperazine rings is 1. The second-order valence-corrected chi connectivity index (χ2v) is 5.87. The number of rotatable bonds is 4. The van der Waals surface area contributed by atoms with Crippen LogP contribution >= 0.6 is 28.3 Å². The first-order chi connectivity index (χ1) is 10.3. The molecular weight excluding hydrogens is 401 g/mol. The molecule has 0 aromatic heterocycles. The predicted molar refractivity (Wildman–Crippen MR) is 87.5 cm³/mol. The summed E-state index contributed by atoms with van der Waals surface area (Å²) < 4.78 is 46.1. The van der Waals surface area contributed by atoms with Gasteiger partial charge in [-0.2, -0.15) is 13.2 Å². The summed E-state index contributed by atoms with van der Waals surface area (Å²) in [7, 11) is 0. The molecule has 1 heterocycles. The Morgan fingerprint density at radius 1 is 1.35 bits per heavy atom. The number of hydrogen-bond acceptors (Lipinski definition) is 4. The minimum atomic E-state index is -4.41. The Kier molecular flexibility index (Phi) is 7.44. The van der Waals surface area contributed by atoms with Gasteiger partial charge in [-0.25, -0.2) is 0 Å². The van der Waals surface area contributed by atoms with Gasteiger partial charge >= 0.3 is 6.18 Å². The molecule has 0 amide bonds. The number of ether oxygens (including phenoxy) is 1. The second-order valence-electron chi connectivity index (χ2n) is 5.01. The van der Waals surface area contributed by atoms with E-state index in [1.54, 1.807) is 6.92 Å². The molecular formula is C14H19BrClF3N2O2. The van der Waals surface area contributed by atoms with Crippen LogP contribution in [0.1, 0.15) is 18.5 Å². The topological polar surface area (TPSA) is 44.7 Å². The molecule has 23 heavy (non-hydrogen) atoms. The van der Waals surface area contributed by atoms with E-state index in [0.29, 0.717) is 26.2 Å². The van der Waals surface area contributed by atoms with Gasteiger partial charge in [-0.15, -0.1) is 12.4 Å². The lowest BCUT2D eigenvalue weighted by molar-refractivity contribution is -0.187. The van der Waals surface area contributed by atoms with Crippen LogP contribution in [0.25, 0.3) is 0 Å². The molecule has 2 rings (SSSR count). The molecule has 2 N–H and O–H groups in total. The molecule has 1 aromatic carbocycles. The minimum Gasteiger partial charge on any atom is -0.503 e. The highest BCUT2D eigenvalue weighted by Gasteiger charge is 2.45. The molecule has 1 aliphatic rings. The SMILES string of the molecule is CCOc1cc([C@H](N2CCNCC2)C(F)(F)F)cc(Br)c1O.Cl. The van der Waals surface area contributed by atoms with Gasteiger partial charge in [0.1, 0.15) is 6.04 Å². The zero-order chi connectivity index (χ0) is 16.3. The van der Waals surface area contributed by atoms with E-state index >= 15 is 0 Å². The Balaban J connectivity index is 0.00000264. The maximum absolute atomic E-state index is 13.6. The first kappa shape index (κ1) is 20.3. The summed E-state index contributed by atoms with van der Waals surface area (Å²) >= 11 is 3.10. The van der Waals surface area contributed by atoms with Crippen molar-refractivity contribution >= 4 is 28.3 Å². The van der Waals surface area contributed by atoms with E-state index in [0.717, 1.165) is 0 Å². The van der Waals surface area contributed by atoms with Crippen molar-refractivity contribution in [3.05, 3.63) is 22.2 Å². The van der Waals surface area contributed by atoms with Crippen LogP contribution in [0.15, 0.2) is 16.6 Å². The Bertz CT molecular complexity index is 525. The third-order valence-electron chi connectivity index (χ3n) is 3.49. The van der Waals surface area contributed by atoms with Crippen LogP contribution < -0.4 is 10.1 Å². The van der Waals surface area contributed by atoms with Crippen LogP contribution in [-0.2, 0) is 0 Å². The number of hydrogen-bond donors (Lipinski definition) is 2. The predicted octanol–water partition coefficient (Wildman–Crippen LogP) is 3.48. The summed E-state index contributed by atoms with van der Waals surface area (Å²) in [5.74, 6) is -0.136. The third-order valence-corrected chi connectivity index (χ3v) is 4.10. The van der Waals surface area contributed by atoms with Crippen molar-refractivity contribution in [2.75, 3.05) is 32.8 Å². The van der Waals surface area contributed by atoms with E-state index in [9.17, 15) is 18.3 Å². The molecule has 0 bridgehead atoms. The number of halogens is 5. The lowest BCUT2D eigenvalue weighted by Crippen LogP contribution is -2.49. The van der Waals surface area contributed by atoms with E-state index in [1.165, 1.54) is 17.0 Å². The van der Waals surface area contributed by atoms with Gasteiger partial charge in [0.15, 0.2) is 11.5 Å². The maximum Gasteiger partial charge on any atom is 0.408 e. The van der Waals surface area contributed by atoms with Gasteiger partial charge in [-0.3, -0.25) is 4.90 Å². The van der Waals surface area contributed by atoms with Gasteiger partial charge in [0.2, 0.25) is 0 Å². The monoisotopic (exact) mass is 418 g/mol. The highest BCUT2D eigenvalue weighted by atomic mass is 79.9. The number of phenolic OH excluding ortho intramolecular Hbond substituents is 1. The van der Waals surface area contributed by atoms with Gasteiger partial charge in [-0.1, -0.05) is 0 Å². The highest BCUT2D eigenvalue weighted by Crippen LogP contribution is 2.43. The first-order valence-electron chi connectivity index (χ1n) is 7.01. The van der Waals surface area contributed by atoms with Gasteiger partial charge in [-0.05, 0) is 40.5 Å². The fourth-order valence-electron chi connectivity index (χ4n) is 2.56. The Labute approximate surface area is 147 Å². The number of nitrogens with zero attached hydrogens (tertiary/aromatic N) is 1. The first-order valence-corrected chi connectivity index (χ1v) is 7.80. The molecule has 0 aliphatic carbocycles. The summed E-state index contributed by atoms with van der Waals surface area (Å²) in [6.07, 6.45) is -4.41. The van der Waals surface area contributed by atoms with Gasteiger partial charge in [0.05, 0.1) is 11.1 Å². The van der Waals surface area contributed by atoms with Gasteiger partial charge in [0.25, 0.3) is 0 Å². The summed E-state index contributed by atoms with van der Waals surface area (Å²) in [5, 5.41) is 12.9. The van der Waals surface area contributed by atoms with Crippen molar-refractivity contribution in [3.8, 4) is 11.5 Å². The summed E-state index contributed by atoms with van der Waals surface area (Å²) in [4.78, 5) is 1.39. The Morgan fingerprint density at radius 2 is 1.96 bits per heavy atom. The molecule has 1 aromatic rings. The second kappa shape index (κ2) is 8.41. The minimum absolute atomic E-state index is 0. The number of nitrogens with one attached hydrogen (secondary N) is 1. The number of alkyl halides is 3. The maximum atomic E-state index is 13.6. The van der Waals surface area contributed by atoms with E-state index in [1.807, 2.05) is 0 Å². The van der Waals surface area contributed by atoms with Crippen molar-refractivity contribution in [1.29, 1.82) is 0 Å². The lowest BCUT2D eigenvalue weighted by Gasteiger charge is -2.36. The fraction of sp³-hybridized carbons (Fsp3) is 0.571. The van der Waals surface area contributed by atoms with Crippen LogP contribution in [0.3, 0.4) is 0 Å². The molecule has 1 fully saturated rings. The van der Waals surface area contributed by atoms with E-state index < -0.39 is 12.2 Å². The fourth-order valence-corrected chi connectivity index (χ4v) is 3.02. The number of benzene rings is 1. The quantitative estimate of drug-likeness (QED) is 0.784. The molecule has 0 radical (unpaired) electrons. The largest absolute Gasteiger partial charge is 0.503 e. The van der Waals surface area contributed by atoms with E-state index in [-0.39, 0.29) is 40.5 Å². The van der Waals surface area contributed by atoms with Crippen LogP contribution in [0, 0.1) is 0 Å². The van der Waals surface area contributed by atoms with E-state index in [4.69, 9.17) is 4.74 Å². The van der Waals surface area contributed by atoms with Crippen LogP contribution in [0.2, 0.25) is 0 Å². The normalized spacial score (nSPS) is 17.4. The molecule has 0 saturated carbocycles. The van der Waals surface area contributed by atoms with Crippen molar-refractivity contribution in [2.45, 2.75) is 19.1 Å². The van der Waals surface area contributed by atoms with Gasteiger partial charge < -0.3 is 15.2 Å². The smallest absolute Gasteiger partial charge is 0.408 e. The molecule has 0 unspecified atom stereocenters. The van der Waals surface area contributed by atoms with Crippen molar-refractivity contribution in [2.24, 2.45) is 0 Å². The lowest BCUT2D eigenvalue weighted by atomic mass is 10.0. The Morgan fingerprint density at radius 3 is 2.48 bits per heavy atom. The van der Waals surface area contributed by atoms with Crippen LogP contribution in [0.4, 0.5) is 13.2 Å². The molecule has 1 aliphatic heterocycles. The van der Waals surface area contributed by atoms with Crippen molar-refractivity contribution in [3.63, 3.8) is 0 Å². The number of phenols is 1. The van der Waals surface area contributed by atoms with Crippen LogP contribution in [-0.4, -0.2) is 49.0 Å². The third kappa shape index (κ3) is 4.89. The zero-order valence-electron chi connectivity index (χ0n) is 12.5. The molecule has 4 nitrogen and oxygen atoms in total. The number of aromatic hydroxyl groups is 1.